The Balaban J connectivity index is 2.11. The monoisotopic (exact) mass is 232 g/mol. The summed E-state index contributed by atoms with van der Waals surface area (Å²) in [6, 6.07) is 7.71. The molecule has 0 fully saturated rings. The molecule has 0 radical (unpaired) electrons. The Morgan fingerprint density at radius 3 is 2.82 bits per heavy atom. The fourth-order valence-electron chi connectivity index (χ4n) is 1.57. The smallest absolute Gasteiger partial charge is 0.170 e. The van der Waals surface area contributed by atoms with E-state index in [4.69, 9.17) is 10.5 Å². The van der Waals surface area contributed by atoms with Crippen LogP contribution in [-0.2, 0) is 13.7 Å². The second-order valence-corrected chi connectivity index (χ2v) is 3.97. The van der Waals surface area contributed by atoms with Crippen molar-refractivity contribution in [2.75, 3.05) is 0 Å². The van der Waals surface area contributed by atoms with E-state index in [1.807, 2.05) is 42.8 Å². The third kappa shape index (κ3) is 2.62. The number of aromatic nitrogens is 3. The Morgan fingerprint density at radius 2 is 2.18 bits per heavy atom. The van der Waals surface area contributed by atoms with E-state index in [1.54, 1.807) is 6.33 Å². The Kier molecular flexibility index (Phi) is 3.39. The molecule has 90 valence electrons. The fraction of sp³-hybridized carbons (Fsp3) is 0.333. The Bertz CT molecular complexity index is 493. The number of ether oxygens (including phenoxy) is 1. The van der Waals surface area contributed by atoms with Gasteiger partial charge in [0, 0.05) is 18.7 Å². The van der Waals surface area contributed by atoms with Crippen molar-refractivity contribution in [3.8, 4) is 5.75 Å². The molecule has 0 saturated carbocycles. The summed E-state index contributed by atoms with van der Waals surface area (Å²) in [5.41, 5.74) is 6.88. The number of nitrogens with zero attached hydrogens (tertiary/aromatic N) is 3. The van der Waals surface area contributed by atoms with Crippen molar-refractivity contribution in [3.05, 3.63) is 42.0 Å². The van der Waals surface area contributed by atoms with Gasteiger partial charge in [0.2, 0.25) is 0 Å². The van der Waals surface area contributed by atoms with Crippen LogP contribution in [0.1, 0.15) is 24.4 Å². The summed E-state index contributed by atoms with van der Waals surface area (Å²) in [5, 5.41) is 7.76. The van der Waals surface area contributed by atoms with Crippen LogP contribution in [0.5, 0.6) is 5.75 Å². The van der Waals surface area contributed by atoms with Crippen LogP contribution in [0, 0.1) is 0 Å². The number of rotatable bonds is 4. The van der Waals surface area contributed by atoms with Gasteiger partial charge in [0.05, 0.1) is 0 Å². The summed E-state index contributed by atoms with van der Waals surface area (Å²) in [7, 11) is 1.89. The standard InChI is InChI=1S/C12H16N4O/c1-9(13)10-5-3-4-6-11(10)17-7-12-15-14-8-16(12)2/h3-6,8-9H,7,13H2,1-2H3/t9-/m1/s1. The second-order valence-electron chi connectivity index (χ2n) is 3.97. The highest BCUT2D eigenvalue weighted by atomic mass is 16.5. The number of para-hydroxylation sites is 1. The molecule has 0 aliphatic rings. The number of hydrogen-bond donors (Lipinski definition) is 1. The first kappa shape index (κ1) is 11.6. The lowest BCUT2D eigenvalue weighted by Gasteiger charge is -2.13. The zero-order chi connectivity index (χ0) is 12.3. The predicted octanol–water partition coefficient (Wildman–Crippen LogP) is 1.41. The summed E-state index contributed by atoms with van der Waals surface area (Å²) in [4.78, 5) is 0. The van der Waals surface area contributed by atoms with Gasteiger partial charge in [-0.25, -0.2) is 0 Å². The zero-order valence-electron chi connectivity index (χ0n) is 10.00. The molecular formula is C12H16N4O. The maximum atomic E-state index is 5.88. The topological polar surface area (TPSA) is 66.0 Å². The van der Waals surface area contributed by atoms with Gasteiger partial charge in [0.1, 0.15) is 18.7 Å². The highest BCUT2D eigenvalue weighted by Crippen LogP contribution is 2.23. The lowest BCUT2D eigenvalue weighted by molar-refractivity contribution is 0.287. The molecule has 0 bridgehead atoms. The molecule has 5 heteroatoms. The van der Waals surface area contributed by atoms with Crippen molar-refractivity contribution in [1.29, 1.82) is 0 Å². The third-order valence-corrected chi connectivity index (χ3v) is 2.57. The largest absolute Gasteiger partial charge is 0.485 e. The molecule has 0 aliphatic heterocycles. The first-order chi connectivity index (χ1) is 8.18. The first-order valence-electron chi connectivity index (χ1n) is 5.48. The van der Waals surface area contributed by atoms with Crippen molar-refractivity contribution in [2.45, 2.75) is 19.6 Å². The van der Waals surface area contributed by atoms with Crippen molar-refractivity contribution in [1.82, 2.24) is 14.8 Å². The molecule has 1 aromatic carbocycles. The molecule has 0 amide bonds. The maximum Gasteiger partial charge on any atom is 0.170 e. The predicted molar refractivity (Wildman–Crippen MR) is 64.4 cm³/mol. The van der Waals surface area contributed by atoms with Gasteiger partial charge in [-0.15, -0.1) is 10.2 Å². The molecule has 0 aliphatic carbocycles. The molecule has 5 nitrogen and oxygen atoms in total. The lowest BCUT2D eigenvalue weighted by atomic mass is 10.1. The summed E-state index contributed by atoms with van der Waals surface area (Å²) >= 11 is 0. The number of nitrogens with two attached hydrogens (primary N) is 1. The van der Waals surface area contributed by atoms with Gasteiger partial charge in [-0.1, -0.05) is 18.2 Å². The van der Waals surface area contributed by atoms with Crippen LogP contribution in [0.25, 0.3) is 0 Å². The number of benzene rings is 1. The van der Waals surface area contributed by atoms with Crippen molar-refractivity contribution in [2.24, 2.45) is 12.8 Å². The average molecular weight is 232 g/mol. The van der Waals surface area contributed by atoms with Gasteiger partial charge in [-0.05, 0) is 13.0 Å². The average Bonchev–Trinajstić information content (AvgIpc) is 2.72. The van der Waals surface area contributed by atoms with Gasteiger partial charge >= 0.3 is 0 Å². The van der Waals surface area contributed by atoms with E-state index in [1.165, 1.54) is 0 Å². The molecule has 1 aromatic heterocycles. The van der Waals surface area contributed by atoms with Crippen molar-refractivity contribution in [3.63, 3.8) is 0 Å². The van der Waals surface area contributed by atoms with Crippen molar-refractivity contribution < 1.29 is 4.74 Å². The van der Waals surface area contributed by atoms with Crippen LogP contribution in [0.2, 0.25) is 0 Å². The second kappa shape index (κ2) is 4.97. The molecular weight excluding hydrogens is 216 g/mol. The normalized spacial score (nSPS) is 12.4. The van der Waals surface area contributed by atoms with E-state index < -0.39 is 0 Å². The highest BCUT2D eigenvalue weighted by Gasteiger charge is 2.08. The summed E-state index contributed by atoms with van der Waals surface area (Å²) in [6.45, 7) is 2.32. The van der Waals surface area contributed by atoms with Crippen LogP contribution in [0.4, 0.5) is 0 Å². The molecule has 0 saturated heterocycles. The van der Waals surface area contributed by atoms with E-state index >= 15 is 0 Å². The number of hydrogen-bond acceptors (Lipinski definition) is 4. The first-order valence-corrected chi connectivity index (χ1v) is 5.48. The molecule has 1 atom stereocenters. The minimum atomic E-state index is -0.0503. The zero-order valence-corrected chi connectivity index (χ0v) is 10.00. The minimum absolute atomic E-state index is 0.0503. The van der Waals surface area contributed by atoms with E-state index in [9.17, 15) is 0 Å². The molecule has 0 unspecified atom stereocenters. The molecule has 2 N–H and O–H groups in total. The van der Waals surface area contributed by atoms with Crippen LogP contribution in [0.3, 0.4) is 0 Å². The lowest BCUT2D eigenvalue weighted by Crippen LogP contribution is -2.09. The quantitative estimate of drug-likeness (QED) is 0.865. The Labute approximate surface area is 100 Å². The van der Waals surface area contributed by atoms with Gasteiger partial charge in [-0.2, -0.15) is 0 Å². The van der Waals surface area contributed by atoms with Crippen LogP contribution in [0.15, 0.2) is 30.6 Å². The number of aryl methyl sites for hydroxylation is 1. The highest BCUT2D eigenvalue weighted by molar-refractivity contribution is 5.35. The molecule has 0 spiro atoms. The maximum absolute atomic E-state index is 5.88. The summed E-state index contributed by atoms with van der Waals surface area (Å²) < 4.78 is 7.55. The van der Waals surface area contributed by atoms with E-state index in [2.05, 4.69) is 10.2 Å². The van der Waals surface area contributed by atoms with Crippen LogP contribution < -0.4 is 10.5 Å². The fourth-order valence-corrected chi connectivity index (χ4v) is 1.57. The molecule has 2 rings (SSSR count). The van der Waals surface area contributed by atoms with Crippen LogP contribution in [-0.4, -0.2) is 14.8 Å². The van der Waals surface area contributed by atoms with E-state index in [-0.39, 0.29) is 6.04 Å². The molecule has 1 heterocycles. The Hall–Kier alpha value is -1.88. The van der Waals surface area contributed by atoms with Gasteiger partial charge in [0.15, 0.2) is 5.82 Å². The minimum Gasteiger partial charge on any atom is -0.485 e. The third-order valence-electron chi connectivity index (χ3n) is 2.57. The van der Waals surface area contributed by atoms with E-state index in [0.29, 0.717) is 6.61 Å². The summed E-state index contributed by atoms with van der Waals surface area (Å²) in [6.07, 6.45) is 1.65. The van der Waals surface area contributed by atoms with Crippen LogP contribution >= 0.6 is 0 Å². The van der Waals surface area contributed by atoms with E-state index in [0.717, 1.165) is 17.1 Å². The van der Waals surface area contributed by atoms with Crippen molar-refractivity contribution >= 4 is 0 Å². The molecule has 2 aromatic rings. The van der Waals surface area contributed by atoms with Gasteiger partial charge in [-0.3, -0.25) is 0 Å². The Morgan fingerprint density at radius 1 is 1.41 bits per heavy atom. The van der Waals surface area contributed by atoms with Gasteiger partial charge < -0.3 is 15.0 Å². The van der Waals surface area contributed by atoms with Gasteiger partial charge in [0.25, 0.3) is 0 Å². The molecule has 17 heavy (non-hydrogen) atoms. The summed E-state index contributed by atoms with van der Waals surface area (Å²) in [5.74, 6) is 1.58. The SMILES string of the molecule is C[C@@H](N)c1ccccc1OCc1nncn1C.